The van der Waals surface area contributed by atoms with Crippen LogP contribution in [0.25, 0.3) is 0 Å². The fourth-order valence-electron chi connectivity index (χ4n) is 1.82. The van der Waals surface area contributed by atoms with Crippen molar-refractivity contribution in [3.63, 3.8) is 0 Å². The summed E-state index contributed by atoms with van der Waals surface area (Å²) >= 11 is 5.83. The van der Waals surface area contributed by atoms with Gasteiger partial charge >= 0.3 is 0 Å². The van der Waals surface area contributed by atoms with E-state index in [0.717, 1.165) is 25.7 Å². The SMILES string of the molecule is CN(C)S(=O)(=O)N1CCCCCC1CCl. The van der Waals surface area contributed by atoms with Gasteiger partial charge in [0.15, 0.2) is 0 Å². The van der Waals surface area contributed by atoms with Crippen LogP contribution in [0, 0.1) is 0 Å². The minimum Gasteiger partial charge on any atom is -0.195 e. The molecule has 0 aromatic heterocycles. The Bertz CT molecular complexity index is 292. The Kier molecular flexibility index (Phi) is 4.83. The van der Waals surface area contributed by atoms with Gasteiger partial charge in [-0.3, -0.25) is 0 Å². The molecule has 90 valence electrons. The summed E-state index contributed by atoms with van der Waals surface area (Å²) in [6.07, 6.45) is 3.96. The molecule has 0 radical (unpaired) electrons. The number of hydrogen-bond donors (Lipinski definition) is 0. The molecule has 1 aliphatic rings. The molecule has 0 saturated carbocycles. The van der Waals surface area contributed by atoms with Gasteiger partial charge in [-0.1, -0.05) is 12.8 Å². The summed E-state index contributed by atoms with van der Waals surface area (Å²) in [6.45, 7) is 0.595. The van der Waals surface area contributed by atoms with Gasteiger partial charge < -0.3 is 0 Å². The van der Waals surface area contributed by atoms with Crippen LogP contribution in [0.2, 0.25) is 0 Å². The first-order valence-corrected chi connectivity index (χ1v) is 7.18. The molecule has 0 bridgehead atoms. The van der Waals surface area contributed by atoms with Crippen LogP contribution in [-0.4, -0.2) is 49.6 Å². The maximum Gasteiger partial charge on any atom is 0.281 e. The Labute approximate surface area is 97.4 Å². The molecule has 6 heteroatoms. The Hall–Kier alpha value is 0.160. The molecule has 0 N–H and O–H groups in total. The predicted molar refractivity (Wildman–Crippen MR) is 62.3 cm³/mol. The van der Waals surface area contributed by atoms with Crippen molar-refractivity contribution in [1.29, 1.82) is 0 Å². The lowest BCUT2D eigenvalue weighted by Gasteiger charge is -2.29. The van der Waals surface area contributed by atoms with Gasteiger partial charge in [0.2, 0.25) is 0 Å². The summed E-state index contributed by atoms with van der Waals surface area (Å²) < 4.78 is 26.8. The summed E-state index contributed by atoms with van der Waals surface area (Å²) in [5.41, 5.74) is 0. The second kappa shape index (κ2) is 5.48. The van der Waals surface area contributed by atoms with Gasteiger partial charge in [0.05, 0.1) is 0 Å². The van der Waals surface area contributed by atoms with E-state index in [1.54, 1.807) is 18.4 Å². The summed E-state index contributed by atoms with van der Waals surface area (Å²) in [4.78, 5) is 0. The van der Waals surface area contributed by atoms with Crippen LogP contribution in [-0.2, 0) is 10.2 Å². The van der Waals surface area contributed by atoms with E-state index >= 15 is 0 Å². The smallest absolute Gasteiger partial charge is 0.195 e. The molecule has 15 heavy (non-hydrogen) atoms. The van der Waals surface area contributed by atoms with Crippen molar-refractivity contribution in [3.05, 3.63) is 0 Å². The lowest BCUT2D eigenvalue weighted by atomic mass is 10.1. The lowest BCUT2D eigenvalue weighted by molar-refractivity contribution is 0.321. The normalized spacial score (nSPS) is 25.5. The molecule has 0 spiro atoms. The molecule has 1 fully saturated rings. The molecule has 1 atom stereocenters. The van der Waals surface area contributed by atoms with Crippen molar-refractivity contribution >= 4 is 21.8 Å². The lowest BCUT2D eigenvalue weighted by Crippen LogP contribution is -2.46. The second-order valence-electron chi connectivity index (χ2n) is 4.06. The van der Waals surface area contributed by atoms with Gasteiger partial charge in [-0.2, -0.15) is 17.0 Å². The molecular weight excluding hydrogens is 236 g/mol. The molecule has 1 aliphatic heterocycles. The van der Waals surface area contributed by atoms with Gasteiger partial charge in [-0.05, 0) is 12.8 Å². The largest absolute Gasteiger partial charge is 0.281 e. The van der Waals surface area contributed by atoms with Crippen LogP contribution in [0.4, 0.5) is 0 Å². The van der Waals surface area contributed by atoms with E-state index in [1.165, 1.54) is 4.31 Å². The maximum atomic E-state index is 12.0. The maximum absolute atomic E-state index is 12.0. The molecule has 1 unspecified atom stereocenters. The second-order valence-corrected chi connectivity index (χ2v) is 6.46. The fourth-order valence-corrected chi connectivity index (χ4v) is 3.56. The van der Waals surface area contributed by atoms with Crippen molar-refractivity contribution in [3.8, 4) is 0 Å². The predicted octanol–water partition coefficient (Wildman–Crippen LogP) is 1.28. The standard InChI is InChI=1S/C9H19ClN2O2S/c1-11(2)15(13,14)12-7-5-3-4-6-9(12)8-10/h9H,3-8H2,1-2H3. The van der Waals surface area contributed by atoms with E-state index in [0.29, 0.717) is 12.4 Å². The van der Waals surface area contributed by atoms with Crippen molar-refractivity contribution < 1.29 is 8.42 Å². The van der Waals surface area contributed by atoms with E-state index in [4.69, 9.17) is 11.6 Å². The van der Waals surface area contributed by atoms with Crippen LogP contribution >= 0.6 is 11.6 Å². The third kappa shape index (κ3) is 3.06. The van der Waals surface area contributed by atoms with E-state index in [9.17, 15) is 8.42 Å². The third-order valence-electron chi connectivity index (χ3n) is 2.76. The number of alkyl halides is 1. The average molecular weight is 255 g/mol. The van der Waals surface area contributed by atoms with Gasteiger partial charge in [0.25, 0.3) is 10.2 Å². The minimum absolute atomic E-state index is 0.0402. The van der Waals surface area contributed by atoms with Crippen LogP contribution in [0.1, 0.15) is 25.7 Å². The summed E-state index contributed by atoms with van der Waals surface area (Å²) in [5, 5.41) is 0. The number of halogens is 1. The van der Waals surface area contributed by atoms with Gasteiger partial charge in [-0.25, -0.2) is 0 Å². The van der Waals surface area contributed by atoms with E-state index in [-0.39, 0.29) is 6.04 Å². The van der Waals surface area contributed by atoms with Crippen molar-refractivity contribution in [1.82, 2.24) is 8.61 Å². The average Bonchev–Trinajstić information content (AvgIpc) is 2.41. The highest BCUT2D eigenvalue weighted by molar-refractivity contribution is 7.86. The Morgan fingerprint density at radius 2 is 2.00 bits per heavy atom. The molecule has 1 rings (SSSR count). The molecule has 0 amide bonds. The van der Waals surface area contributed by atoms with Crippen molar-refractivity contribution in [2.45, 2.75) is 31.7 Å². The first-order valence-electron chi connectivity index (χ1n) is 5.25. The molecule has 1 heterocycles. The summed E-state index contributed by atoms with van der Waals surface area (Å²) in [5.74, 6) is 0.382. The zero-order chi connectivity index (χ0) is 11.5. The van der Waals surface area contributed by atoms with Gasteiger partial charge in [0.1, 0.15) is 0 Å². The highest BCUT2D eigenvalue weighted by atomic mass is 35.5. The molecule has 0 aromatic rings. The highest BCUT2D eigenvalue weighted by Gasteiger charge is 2.31. The van der Waals surface area contributed by atoms with Gasteiger partial charge in [0, 0.05) is 32.6 Å². The fraction of sp³-hybridized carbons (Fsp3) is 1.00. The topological polar surface area (TPSA) is 40.6 Å². The number of rotatable bonds is 3. The zero-order valence-electron chi connectivity index (χ0n) is 9.32. The summed E-state index contributed by atoms with van der Waals surface area (Å²) in [7, 11) is -0.180. The van der Waals surface area contributed by atoms with Crippen LogP contribution in [0.5, 0.6) is 0 Å². The Morgan fingerprint density at radius 1 is 1.33 bits per heavy atom. The van der Waals surface area contributed by atoms with E-state index < -0.39 is 10.2 Å². The van der Waals surface area contributed by atoms with Crippen LogP contribution in [0.15, 0.2) is 0 Å². The van der Waals surface area contributed by atoms with Crippen molar-refractivity contribution in [2.24, 2.45) is 0 Å². The van der Waals surface area contributed by atoms with Crippen molar-refractivity contribution in [2.75, 3.05) is 26.5 Å². The van der Waals surface area contributed by atoms with E-state index in [2.05, 4.69) is 0 Å². The molecule has 1 saturated heterocycles. The van der Waals surface area contributed by atoms with Crippen LogP contribution in [0.3, 0.4) is 0 Å². The van der Waals surface area contributed by atoms with Crippen LogP contribution < -0.4 is 0 Å². The summed E-state index contributed by atoms with van der Waals surface area (Å²) in [6, 6.07) is -0.0402. The van der Waals surface area contributed by atoms with E-state index in [1.807, 2.05) is 0 Å². The van der Waals surface area contributed by atoms with Gasteiger partial charge in [-0.15, -0.1) is 11.6 Å². The first kappa shape index (κ1) is 13.2. The molecular formula is C9H19ClN2O2S. The quantitative estimate of drug-likeness (QED) is 0.712. The highest BCUT2D eigenvalue weighted by Crippen LogP contribution is 2.21. The monoisotopic (exact) mass is 254 g/mol. The minimum atomic E-state index is -3.30. The third-order valence-corrected chi connectivity index (χ3v) is 5.11. The number of nitrogens with zero attached hydrogens (tertiary/aromatic N) is 2. The Balaban J connectivity index is 2.88. The molecule has 4 nitrogen and oxygen atoms in total. The zero-order valence-corrected chi connectivity index (χ0v) is 10.9. The first-order chi connectivity index (χ1) is 7.00. The Morgan fingerprint density at radius 3 is 2.53 bits per heavy atom. The molecule has 0 aromatic carbocycles. The number of hydrogen-bond acceptors (Lipinski definition) is 2. The molecule has 0 aliphatic carbocycles.